The summed E-state index contributed by atoms with van der Waals surface area (Å²) in [5.74, 6) is 0.651. The number of hydrogen-bond donors (Lipinski definition) is 0. The quantitative estimate of drug-likeness (QED) is 0.749. The fourth-order valence-corrected chi connectivity index (χ4v) is 2.24. The van der Waals surface area contributed by atoms with E-state index < -0.39 is 0 Å². The van der Waals surface area contributed by atoms with Crippen molar-refractivity contribution < 1.29 is 4.74 Å². The molecule has 1 fully saturated rings. The Morgan fingerprint density at radius 3 is 2.45 bits per heavy atom. The van der Waals surface area contributed by atoms with Gasteiger partial charge >= 0.3 is 0 Å². The van der Waals surface area contributed by atoms with E-state index in [0.29, 0.717) is 24.5 Å². The largest absolute Gasteiger partial charge is 0.491 e. The van der Waals surface area contributed by atoms with Crippen LogP contribution in [-0.2, 0) is 0 Å². The molecule has 5 nitrogen and oxygen atoms in total. The van der Waals surface area contributed by atoms with Crippen LogP contribution in [0.1, 0.15) is 5.56 Å². The molecule has 0 amide bonds. The van der Waals surface area contributed by atoms with E-state index in [2.05, 4.69) is 21.9 Å². The third kappa shape index (κ3) is 3.96. The molecule has 5 heteroatoms. The van der Waals surface area contributed by atoms with Gasteiger partial charge in [0.15, 0.2) is 0 Å². The lowest BCUT2D eigenvalue weighted by Crippen LogP contribution is -2.47. The minimum absolute atomic E-state index is 0.514. The molecule has 2 rings (SSSR count). The van der Waals surface area contributed by atoms with E-state index in [4.69, 9.17) is 15.3 Å². The summed E-state index contributed by atoms with van der Waals surface area (Å²) in [5, 5.41) is 17.6. The Morgan fingerprint density at radius 1 is 1.05 bits per heavy atom. The Hall–Kier alpha value is -2.08. The van der Waals surface area contributed by atoms with Crippen molar-refractivity contribution in [2.75, 3.05) is 45.9 Å². The van der Waals surface area contributed by atoms with Gasteiger partial charge in [-0.3, -0.25) is 9.80 Å². The van der Waals surface area contributed by atoms with Gasteiger partial charge in [0.05, 0.1) is 18.2 Å². The highest BCUT2D eigenvalue weighted by Gasteiger charge is 2.16. The van der Waals surface area contributed by atoms with Crippen molar-refractivity contribution in [3.63, 3.8) is 0 Å². The highest BCUT2D eigenvalue weighted by atomic mass is 16.5. The molecule has 0 saturated carbocycles. The summed E-state index contributed by atoms with van der Waals surface area (Å²) in [6.07, 6.45) is 0. The minimum Gasteiger partial charge on any atom is -0.491 e. The Kier molecular flexibility index (Phi) is 5.37. The summed E-state index contributed by atoms with van der Waals surface area (Å²) in [7, 11) is 0. The van der Waals surface area contributed by atoms with Gasteiger partial charge in [0.2, 0.25) is 0 Å². The van der Waals surface area contributed by atoms with Gasteiger partial charge in [-0.1, -0.05) is 12.1 Å². The van der Waals surface area contributed by atoms with Gasteiger partial charge in [-0.15, -0.1) is 0 Å². The van der Waals surface area contributed by atoms with Crippen LogP contribution in [0.5, 0.6) is 5.75 Å². The summed E-state index contributed by atoms with van der Waals surface area (Å²) in [6, 6.07) is 11.6. The molecule has 20 heavy (non-hydrogen) atoms. The maximum Gasteiger partial charge on any atom is 0.137 e. The zero-order valence-electron chi connectivity index (χ0n) is 11.5. The van der Waals surface area contributed by atoms with E-state index >= 15 is 0 Å². The van der Waals surface area contributed by atoms with Crippen molar-refractivity contribution in [1.29, 1.82) is 10.5 Å². The molecule has 1 aromatic carbocycles. The van der Waals surface area contributed by atoms with E-state index in [1.807, 2.05) is 18.2 Å². The highest BCUT2D eigenvalue weighted by molar-refractivity contribution is 5.42. The number of hydrogen-bond acceptors (Lipinski definition) is 5. The number of nitrogens with zero attached hydrogens (tertiary/aromatic N) is 4. The average molecular weight is 270 g/mol. The first kappa shape index (κ1) is 14.3. The second-order valence-electron chi connectivity index (χ2n) is 4.73. The van der Waals surface area contributed by atoms with Crippen molar-refractivity contribution in [3.05, 3.63) is 29.8 Å². The van der Waals surface area contributed by atoms with Crippen LogP contribution in [0.2, 0.25) is 0 Å². The molecule has 1 heterocycles. The Bertz CT molecular complexity index is 509. The van der Waals surface area contributed by atoms with E-state index in [9.17, 15) is 0 Å². The molecule has 0 aromatic heterocycles. The van der Waals surface area contributed by atoms with Gasteiger partial charge in [-0.05, 0) is 12.1 Å². The molecule has 1 aromatic rings. The van der Waals surface area contributed by atoms with Gasteiger partial charge in [-0.25, -0.2) is 0 Å². The van der Waals surface area contributed by atoms with Crippen molar-refractivity contribution in [2.45, 2.75) is 0 Å². The summed E-state index contributed by atoms with van der Waals surface area (Å²) in [6.45, 7) is 5.73. The molecule has 0 spiro atoms. The summed E-state index contributed by atoms with van der Waals surface area (Å²) >= 11 is 0. The topological polar surface area (TPSA) is 63.3 Å². The zero-order valence-corrected chi connectivity index (χ0v) is 11.5. The lowest BCUT2D eigenvalue weighted by Gasteiger charge is -2.33. The lowest BCUT2D eigenvalue weighted by atomic mass is 10.2. The Balaban J connectivity index is 1.72. The normalized spacial score (nSPS) is 16.3. The molecular weight excluding hydrogens is 252 g/mol. The molecule has 0 aliphatic carbocycles. The number of benzene rings is 1. The van der Waals surface area contributed by atoms with Crippen LogP contribution < -0.4 is 4.74 Å². The van der Waals surface area contributed by atoms with Crippen LogP contribution in [-0.4, -0.2) is 55.7 Å². The monoisotopic (exact) mass is 270 g/mol. The fraction of sp³-hybridized carbons (Fsp3) is 0.467. The molecule has 0 atom stereocenters. The predicted molar refractivity (Wildman–Crippen MR) is 75.1 cm³/mol. The van der Waals surface area contributed by atoms with Crippen LogP contribution in [0.15, 0.2) is 24.3 Å². The van der Waals surface area contributed by atoms with Crippen LogP contribution in [0, 0.1) is 22.7 Å². The molecule has 1 saturated heterocycles. The summed E-state index contributed by atoms with van der Waals surface area (Å²) in [5.41, 5.74) is 0.575. The van der Waals surface area contributed by atoms with E-state index in [0.717, 1.165) is 32.7 Å². The Labute approximate surface area is 119 Å². The number of nitriles is 2. The van der Waals surface area contributed by atoms with Gasteiger partial charge in [-0.2, -0.15) is 10.5 Å². The smallest absolute Gasteiger partial charge is 0.137 e. The molecule has 104 valence electrons. The molecule has 1 aliphatic rings. The third-order valence-electron chi connectivity index (χ3n) is 3.43. The first-order valence-corrected chi connectivity index (χ1v) is 6.77. The molecular formula is C15H18N4O. The van der Waals surface area contributed by atoms with Crippen LogP contribution >= 0.6 is 0 Å². The van der Waals surface area contributed by atoms with Crippen LogP contribution in [0.3, 0.4) is 0 Å². The lowest BCUT2D eigenvalue weighted by molar-refractivity contribution is 0.126. The summed E-state index contributed by atoms with van der Waals surface area (Å²) < 4.78 is 5.67. The maximum absolute atomic E-state index is 8.97. The number of rotatable bonds is 5. The van der Waals surface area contributed by atoms with Crippen molar-refractivity contribution in [2.24, 2.45) is 0 Å². The van der Waals surface area contributed by atoms with Gasteiger partial charge in [0.25, 0.3) is 0 Å². The van der Waals surface area contributed by atoms with Crippen LogP contribution in [0.25, 0.3) is 0 Å². The highest BCUT2D eigenvalue weighted by Crippen LogP contribution is 2.16. The predicted octanol–water partition coefficient (Wildman–Crippen LogP) is 1.08. The number of ether oxygens (including phenoxy) is 1. The third-order valence-corrected chi connectivity index (χ3v) is 3.43. The Morgan fingerprint density at radius 2 is 1.75 bits per heavy atom. The second kappa shape index (κ2) is 7.49. The molecule has 0 radical (unpaired) electrons. The van der Waals surface area contributed by atoms with Gasteiger partial charge in [0, 0.05) is 32.7 Å². The van der Waals surface area contributed by atoms with E-state index in [-0.39, 0.29) is 0 Å². The van der Waals surface area contributed by atoms with E-state index in [1.165, 1.54) is 0 Å². The second-order valence-corrected chi connectivity index (χ2v) is 4.73. The maximum atomic E-state index is 8.97. The van der Waals surface area contributed by atoms with Crippen molar-refractivity contribution in [3.8, 4) is 17.9 Å². The van der Waals surface area contributed by atoms with Gasteiger partial charge < -0.3 is 4.74 Å². The first-order chi connectivity index (χ1) is 9.83. The molecule has 1 aliphatic heterocycles. The van der Waals surface area contributed by atoms with E-state index in [1.54, 1.807) is 6.07 Å². The number of para-hydroxylation sites is 1. The van der Waals surface area contributed by atoms with Gasteiger partial charge in [0.1, 0.15) is 18.4 Å². The first-order valence-electron chi connectivity index (χ1n) is 6.77. The minimum atomic E-state index is 0.514. The van der Waals surface area contributed by atoms with Crippen molar-refractivity contribution >= 4 is 0 Å². The molecule has 0 bridgehead atoms. The fourth-order valence-electron chi connectivity index (χ4n) is 2.24. The SMILES string of the molecule is N#CCN1CCN(CCOc2ccccc2C#N)CC1. The molecule has 0 unspecified atom stereocenters. The van der Waals surface area contributed by atoms with Crippen molar-refractivity contribution in [1.82, 2.24) is 9.80 Å². The average Bonchev–Trinajstić information content (AvgIpc) is 2.50. The standard InChI is InChI=1S/C15H18N4O/c16-5-6-18-7-9-19(10-8-18)11-12-20-15-4-2-1-3-14(15)13-17/h1-4H,6-12H2. The zero-order chi connectivity index (χ0) is 14.2. The molecule has 0 N–H and O–H groups in total. The summed E-state index contributed by atoms with van der Waals surface area (Å²) in [4.78, 5) is 4.48. The number of piperazine rings is 1. The van der Waals surface area contributed by atoms with Crippen LogP contribution in [0.4, 0.5) is 0 Å².